The minimum absolute atomic E-state index is 0.306. The fourth-order valence-electron chi connectivity index (χ4n) is 1.42. The summed E-state index contributed by atoms with van der Waals surface area (Å²) in [6.45, 7) is 0. The van der Waals surface area contributed by atoms with Gasteiger partial charge in [0.1, 0.15) is 11.8 Å². The Balaban J connectivity index is 2.45. The van der Waals surface area contributed by atoms with Gasteiger partial charge in [0.15, 0.2) is 5.75 Å². The Morgan fingerprint density at radius 2 is 1.68 bits per heavy atom. The second kappa shape index (κ2) is 5.58. The van der Waals surface area contributed by atoms with Crippen LogP contribution < -0.4 is 10.5 Å². The van der Waals surface area contributed by atoms with Gasteiger partial charge in [-0.2, -0.15) is 5.26 Å². The zero-order chi connectivity index (χ0) is 14.0. The topological polar surface area (TPSA) is 59.0 Å². The van der Waals surface area contributed by atoms with E-state index in [1.54, 1.807) is 12.1 Å². The molecule has 2 rings (SSSR count). The summed E-state index contributed by atoms with van der Waals surface area (Å²) in [4.78, 5) is 0. The first-order valence-corrected chi connectivity index (χ1v) is 6.26. The van der Waals surface area contributed by atoms with Crippen molar-refractivity contribution in [1.82, 2.24) is 0 Å². The summed E-state index contributed by atoms with van der Waals surface area (Å²) in [6, 6.07) is 9.67. The number of nitrogen functional groups attached to an aromatic ring is 1. The Hall–Kier alpha value is -1.60. The molecule has 0 aliphatic carbocycles. The lowest BCUT2D eigenvalue weighted by Gasteiger charge is -2.11. The van der Waals surface area contributed by atoms with Crippen molar-refractivity contribution in [3.63, 3.8) is 0 Å². The summed E-state index contributed by atoms with van der Waals surface area (Å²) in [6.07, 6.45) is 0. The van der Waals surface area contributed by atoms with Crippen LogP contribution in [0.3, 0.4) is 0 Å². The molecule has 0 saturated heterocycles. The zero-order valence-electron chi connectivity index (χ0n) is 9.45. The van der Waals surface area contributed by atoms with Crippen LogP contribution in [0, 0.1) is 11.3 Å². The largest absolute Gasteiger partial charge is 0.454 e. The van der Waals surface area contributed by atoms with Gasteiger partial charge in [0, 0.05) is 17.2 Å². The van der Waals surface area contributed by atoms with Crippen LogP contribution in [0.25, 0.3) is 0 Å². The maximum absolute atomic E-state index is 9.00. The fourth-order valence-corrected chi connectivity index (χ4v) is 1.91. The standard InChI is InChI=1S/C13H7Cl3N2O/c14-8-2-1-7(6-17)12(3-8)19-13-5-10(16)9(15)4-11(13)18/h1-5H,18H2. The van der Waals surface area contributed by atoms with Crippen molar-refractivity contribution < 1.29 is 4.74 Å². The van der Waals surface area contributed by atoms with Gasteiger partial charge < -0.3 is 10.5 Å². The van der Waals surface area contributed by atoms with Crippen molar-refractivity contribution in [3.05, 3.63) is 51.0 Å². The lowest BCUT2D eigenvalue weighted by Crippen LogP contribution is -1.94. The van der Waals surface area contributed by atoms with Crippen LogP contribution in [-0.2, 0) is 0 Å². The van der Waals surface area contributed by atoms with Crippen LogP contribution in [-0.4, -0.2) is 0 Å². The highest BCUT2D eigenvalue weighted by atomic mass is 35.5. The molecule has 3 nitrogen and oxygen atoms in total. The predicted molar refractivity (Wildman–Crippen MR) is 77.1 cm³/mol. The zero-order valence-corrected chi connectivity index (χ0v) is 11.7. The first kappa shape index (κ1) is 13.8. The van der Waals surface area contributed by atoms with Gasteiger partial charge >= 0.3 is 0 Å². The maximum atomic E-state index is 9.00. The molecule has 0 unspecified atom stereocenters. The van der Waals surface area contributed by atoms with E-state index in [9.17, 15) is 0 Å². The van der Waals surface area contributed by atoms with Crippen molar-refractivity contribution >= 4 is 40.5 Å². The smallest absolute Gasteiger partial charge is 0.151 e. The van der Waals surface area contributed by atoms with Gasteiger partial charge in [0.25, 0.3) is 0 Å². The number of benzene rings is 2. The average Bonchev–Trinajstić information content (AvgIpc) is 2.36. The number of hydrogen-bond acceptors (Lipinski definition) is 3. The van der Waals surface area contributed by atoms with Crippen LogP contribution >= 0.6 is 34.8 Å². The van der Waals surface area contributed by atoms with Gasteiger partial charge in [0.05, 0.1) is 21.3 Å². The molecule has 0 saturated carbocycles. The van der Waals surface area contributed by atoms with E-state index in [-0.39, 0.29) is 0 Å². The van der Waals surface area contributed by atoms with Crippen molar-refractivity contribution in [3.8, 4) is 17.6 Å². The molecule has 0 radical (unpaired) electrons. The number of nitrogens with two attached hydrogens (primary N) is 1. The van der Waals surface area contributed by atoms with Gasteiger partial charge in [-0.25, -0.2) is 0 Å². The highest BCUT2D eigenvalue weighted by Gasteiger charge is 2.10. The first-order chi connectivity index (χ1) is 9.01. The van der Waals surface area contributed by atoms with Crippen molar-refractivity contribution in [2.75, 3.05) is 5.73 Å². The Bertz CT molecular complexity index is 680. The maximum Gasteiger partial charge on any atom is 0.151 e. The van der Waals surface area contributed by atoms with Gasteiger partial charge in [-0.3, -0.25) is 0 Å². The van der Waals surface area contributed by atoms with Gasteiger partial charge in [-0.15, -0.1) is 0 Å². The van der Waals surface area contributed by atoms with E-state index in [2.05, 4.69) is 0 Å². The number of anilines is 1. The summed E-state index contributed by atoms with van der Waals surface area (Å²) in [7, 11) is 0. The van der Waals surface area contributed by atoms with E-state index in [0.717, 1.165) is 0 Å². The van der Waals surface area contributed by atoms with E-state index in [1.165, 1.54) is 18.2 Å². The van der Waals surface area contributed by atoms with Gasteiger partial charge in [0.2, 0.25) is 0 Å². The molecule has 6 heteroatoms. The van der Waals surface area contributed by atoms with E-state index in [4.69, 9.17) is 50.5 Å². The third-order valence-electron chi connectivity index (χ3n) is 2.34. The number of nitriles is 1. The third-order valence-corrected chi connectivity index (χ3v) is 3.29. The predicted octanol–water partition coefficient (Wildman–Crippen LogP) is 4.89. The minimum Gasteiger partial charge on any atom is -0.454 e. The normalized spacial score (nSPS) is 10.0. The second-order valence-corrected chi connectivity index (χ2v) is 4.91. The van der Waals surface area contributed by atoms with E-state index < -0.39 is 0 Å². The molecule has 0 amide bonds. The molecule has 96 valence electrons. The Morgan fingerprint density at radius 1 is 1.00 bits per heavy atom. The minimum atomic E-state index is 0.306. The van der Waals surface area contributed by atoms with Crippen molar-refractivity contribution in [1.29, 1.82) is 5.26 Å². The van der Waals surface area contributed by atoms with Crippen LogP contribution in [0.15, 0.2) is 30.3 Å². The summed E-state index contributed by atoms with van der Waals surface area (Å²) >= 11 is 17.6. The molecule has 19 heavy (non-hydrogen) atoms. The Morgan fingerprint density at radius 3 is 2.37 bits per heavy atom. The SMILES string of the molecule is N#Cc1ccc(Cl)cc1Oc1cc(Cl)c(Cl)cc1N. The van der Waals surface area contributed by atoms with E-state index >= 15 is 0 Å². The van der Waals surface area contributed by atoms with Crippen LogP contribution in [0.1, 0.15) is 5.56 Å². The number of ether oxygens (including phenoxy) is 1. The van der Waals surface area contributed by atoms with Crippen LogP contribution in [0.5, 0.6) is 11.5 Å². The summed E-state index contributed by atoms with van der Waals surface area (Å²) in [5, 5.41) is 10.1. The monoisotopic (exact) mass is 312 g/mol. The molecule has 0 heterocycles. The molecule has 0 aromatic heterocycles. The lowest BCUT2D eigenvalue weighted by atomic mass is 10.2. The molecule has 0 aliphatic rings. The first-order valence-electron chi connectivity index (χ1n) is 5.13. The molecular weight excluding hydrogens is 307 g/mol. The third kappa shape index (κ3) is 3.05. The van der Waals surface area contributed by atoms with Gasteiger partial charge in [-0.1, -0.05) is 34.8 Å². The summed E-state index contributed by atoms with van der Waals surface area (Å²) < 4.78 is 5.57. The molecule has 2 N–H and O–H groups in total. The molecule has 2 aromatic rings. The fraction of sp³-hybridized carbons (Fsp3) is 0. The van der Waals surface area contributed by atoms with E-state index in [0.29, 0.717) is 37.8 Å². The van der Waals surface area contributed by atoms with Crippen molar-refractivity contribution in [2.45, 2.75) is 0 Å². The molecule has 0 aliphatic heterocycles. The molecule has 0 spiro atoms. The molecule has 2 aromatic carbocycles. The van der Waals surface area contributed by atoms with Crippen LogP contribution in [0.2, 0.25) is 15.1 Å². The summed E-state index contributed by atoms with van der Waals surface area (Å²) in [5.74, 6) is 0.619. The summed E-state index contributed by atoms with van der Waals surface area (Å²) in [5.41, 5.74) is 6.44. The Kier molecular flexibility index (Phi) is 4.06. The van der Waals surface area contributed by atoms with Gasteiger partial charge in [-0.05, 0) is 18.2 Å². The number of halogens is 3. The number of hydrogen-bond donors (Lipinski definition) is 1. The number of rotatable bonds is 2. The Labute approximate surface area is 125 Å². The molecule has 0 atom stereocenters. The number of nitrogens with zero attached hydrogens (tertiary/aromatic N) is 1. The highest BCUT2D eigenvalue weighted by molar-refractivity contribution is 6.42. The van der Waals surface area contributed by atoms with Crippen LogP contribution in [0.4, 0.5) is 5.69 Å². The molecule has 0 fully saturated rings. The second-order valence-electron chi connectivity index (χ2n) is 3.66. The molecular formula is C13H7Cl3N2O. The average molecular weight is 314 g/mol. The highest BCUT2D eigenvalue weighted by Crippen LogP contribution is 2.36. The molecule has 0 bridgehead atoms. The lowest BCUT2D eigenvalue weighted by molar-refractivity contribution is 0.483. The quantitative estimate of drug-likeness (QED) is 0.803. The van der Waals surface area contributed by atoms with E-state index in [1.807, 2.05) is 6.07 Å². The van der Waals surface area contributed by atoms with Crippen molar-refractivity contribution in [2.24, 2.45) is 0 Å².